The number of carbonyl (C=O) groups excluding carboxylic acids is 1. The second-order valence-corrected chi connectivity index (χ2v) is 5.19. The van der Waals surface area contributed by atoms with Crippen LogP contribution in [0.5, 0.6) is 0 Å². The fraction of sp³-hybridized carbons (Fsp3) is 0.923. The Morgan fingerprint density at radius 3 is 2.35 bits per heavy atom. The number of carbonyl (C=O) groups is 1. The Morgan fingerprint density at radius 1 is 1.29 bits per heavy atom. The van der Waals surface area contributed by atoms with Gasteiger partial charge in [-0.2, -0.15) is 0 Å². The fourth-order valence-corrected chi connectivity index (χ4v) is 2.43. The second kappa shape index (κ2) is 6.97. The maximum absolute atomic E-state index is 11.8. The molecule has 0 aromatic rings. The van der Waals surface area contributed by atoms with Gasteiger partial charge in [0, 0.05) is 6.42 Å². The molecule has 0 aliphatic heterocycles. The van der Waals surface area contributed by atoms with Gasteiger partial charge in [0.15, 0.2) is 0 Å². The lowest BCUT2D eigenvalue weighted by Gasteiger charge is -2.29. The van der Waals surface area contributed by atoms with E-state index < -0.39 is 5.54 Å². The molecule has 0 unspecified atom stereocenters. The summed E-state index contributed by atoms with van der Waals surface area (Å²) in [4.78, 5) is 11.8. The molecular formula is C13H25NO3. The van der Waals surface area contributed by atoms with Crippen LogP contribution in [0.15, 0.2) is 0 Å². The van der Waals surface area contributed by atoms with Gasteiger partial charge in [0.05, 0.1) is 18.8 Å². The smallest absolute Gasteiger partial charge is 0.220 e. The zero-order valence-electron chi connectivity index (χ0n) is 10.7. The predicted molar refractivity (Wildman–Crippen MR) is 66.5 cm³/mol. The summed E-state index contributed by atoms with van der Waals surface area (Å²) < 4.78 is 0. The van der Waals surface area contributed by atoms with Gasteiger partial charge in [-0.25, -0.2) is 0 Å². The Bertz CT molecular complexity index is 225. The number of amides is 1. The number of hydrogen-bond acceptors (Lipinski definition) is 3. The molecule has 1 fully saturated rings. The summed E-state index contributed by atoms with van der Waals surface area (Å²) in [5.74, 6) is 0.641. The third kappa shape index (κ3) is 4.28. The molecular weight excluding hydrogens is 218 g/mol. The van der Waals surface area contributed by atoms with Gasteiger partial charge in [0.2, 0.25) is 5.91 Å². The van der Waals surface area contributed by atoms with Crippen molar-refractivity contribution in [2.45, 2.75) is 57.4 Å². The van der Waals surface area contributed by atoms with E-state index in [9.17, 15) is 15.0 Å². The Balaban J connectivity index is 2.31. The summed E-state index contributed by atoms with van der Waals surface area (Å²) in [6.07, 6.45) is 7.04. The van der Waals surface area contributed by atoms with Crippen LogP contribution in [0.4, 0.5) is 0 Å². The van der Waals surface area contributed by atoms with E-state index >= 15 is 0 Å². The zero-order valence-corrected chi connectivity index (χ0v) is 10.7. The van der Waals surface area contributed by atoms with Gasteiger partial charge in [-0.3, -0.25) is 4.79 Å². The molecule has 4 heteroatoms. The highest BCUT2D eigenvalue weighted by atomic mass is 16.3. The van der Waals surface area contributed by atoms with Gasteiger partial charge in [-0.15, -0.1) is 0 Å². The summed E-state index contributed by atoms with van der Waals surface area (Å²) in [7, 11) is 0. The van der Waals surface area contributed by atoms with Crippen molar-refractivity contribution in [3.05, 3.63) is 0 Å². The highest BCUT2D eigenvalue weighted by molar-refractivity contribution is 5.76. The lowest BCUT2D eigenvalue weighted by atomic mass is 9.97. The molecule has 0 aromatic carbocycles. The lowest BCUT2D eigenvalue weighted by Crippen LogP contribution is -2.53. The molecule has 0 bridgehead atoms. The molecule has 0 spiro atoms. The van der Waals surface area contributed by atoms with Crippen LogP contribution in [0.3, 0.4) is 0 Å². The van der Waals surface area contributed by atoms with E-state index in [1.165, 1.54) is 25.7 Å². The normalized spacial score (nSPS) is 17.4. The van der Waals surface area contributed by atoms with Gasteiger partial charge in [0.25, 0.3) is 0 Å². The van der Waals surface area contributed by atoms with Crippen molar-refractivity contribution in [3.63, 3.8) is 0 Å². The first-order valence-corrected chi connectivity index (χ1v) is 6.68. The molecule has 1 saturated carbocycles. The van der Waals surface area contributed by atoms with E-state index in [0.29, 0.717) is 18.8 Å². The van der Waals surface area contributed by atoms with Crippen molar-refractivity contribution in [2.24, 2.45) is 5.92 Å². The number of aliphatic hydroxyl groups is 2. The fourth-order valence-electron chi connectivity index (χ4n) is 2.43. The number of aliphatic hydroxyl groups excluding tert-OH is 2. The minimum absolute atomic E-state index is 0.0538. The van der Waals surface area contributed by atoms with Gasteiger partial charge in [0.1, 0.15) is 0 Å². The van der Waals surface area contributed by atoms with E-state index in [1.54, 1.807) is 0 Å². The molecule has 1 aliphatic carbocycles. The quantitative estimate of drug-likeness (QED) is 0.629. The van der Waals surface area contributed by atoms with Crippen LogP contribution in [0.25, 0.3) is 0 Å². The molecule has 100 valence electrons. The molecule has 1 rings (SSSR count). The lowest BCUT2D eigenvalue weighted by molar-refractivity contribution is -0.124. The van der Waals surface area contributed by atoms with E-state index in [4.69, 9.17) is 0 Å². The van der Waals surface area contributed by atoms with Crippen LogP contribution in [-0.2, 0) is 4.79 Å². The van der Waals surface area contributed by atoms with E-state index in [-0.39, 0.29) is 19.1 Å². The average Bonchev–Trinajstić information content (AvgIpc) is 2.87. The van der Waals surface area contributed by atoms with Crippen molar-refractivity contribution < 1.29 is 15.0 Å². The van der Waals surface area contributed by atoms with Crippen molar-refractivity contribution in [1.82, 2.24) is 5.32 Å². The molecule has 0 heterocycles. The highest BCUT2D eigenvalue weighted by Crippen LogP contribution is 2.28. The Kier molecular flexibility index (Phi) is 5.92. The molecule has 0 atom stereocenters. The third-order valence-electron chi connectivity index (χ3n) is 3.94. The van der Waals surface area contributed by atoms with Crippen molar-refractivity contribution >= 4 is 5.91 Å². The summed E-state index contributed by atoms with van der Waals surface area (Å²) in [6, 6.07) is 0. The van der Waals surface area contributed by atoms with E-state index in [2.05, 4.69) is 5.32 Å². The molecule has 0 saturated heterocycles. The predicted octanol–water partition coefficient (Wildman–Crippen LogP) is 1.21. The Hall–Kier alpha value is -0.610. The third-order valence-corrected chi connectivity index (χ3v) is 3.94. The average molecular weight is 243 g/mol. The molecule has 1 aliphatic rings. The summed E-state index contributed by atoms with van der Waals surface area (Å²) in [6.45, 7) is 1.42. The van der Waals surface area contributed by atoms with Crippen LogP contribution < -0.4 is 5.32 Å². The van der Waals surface area contributed by atoms with Gasteiger partial charge < -0.3 is 15.5 Å². The van der Waals surface area contributed by atoms with Crippen LogP contribution in [0.2, 0.25) is 0 Å². The maximum Gasteiger partial charge on any atom is 0.220 e. The molecule has 3 N–H and O–H groups in total. The number of hydrogen-bond donors (Lipinski definition) is 3. The highest BCUT2D eigenvalue weighted by Gasteiger charge is 2.28. The topological polar surface area (TPSA) is 69.6 Å². The van der Waals surface area contributed by atoms with Crippen molar-refractivity contribution in [3.8, 4) is 0 Å². The minimum Gasteiger partial charge on any atom is -0.394 e. The van der Waals surface area contributed by atoms with E-state index in [1.807, 2.05) is 6.92 Å². The first kappa shape index (κ1) is 14.5. The standard InChI is InChI=1S/C13H25NO3/c1-2-13(9-15,10-16)14-12(17)8-7-11-5-3-4-6-11/h11,15-16H,2-10H2,1H3,(H,14,17). The first-order valence-electron chi connectivity index (χ1n) is 6.68. The summed E-state index contributed by atoms with van der Waals surface area (Å²) >= 11 is 0. The molecule has 4 nitrogen and oxygen atoms in total. The number of rotatable bonds is 7. The Morgan fingerprint density at radius 2 is 1.88 bits per heavy atom. The van der Waals surface area contributed by atoms with Gasteiger partial charge in [-0.1, -0.05) is 32.6 Å². The maximum atomic E-state index is 11.8. The molecule has 1 amide bonds. The van der Waals surface area contributed by atoms with E-state index in [0.717, 1.165) is 6.42 Å². The van der Waals surface area contributed by atoms with Crippen molar-refractivity contribution in [1.29, 1.82) is 0 Å². The molecule has 0 radical (unpaired) electrons. The second-order valence-electron chi connectivity index (χ2n) is 5.19. The zero-order chi connectivity index (χ0) is 12.7. The Labute approximate surface area is 103 Å². The summed E-state index contributed by atoms with van der Waals surface area (Å²) in [5.41, 5.74) is -0.841. The minimum atomic E-state index is -0.841. The monoisotopic (exact) mass is 243 g/mol. The largest absolute Gasteiger partial charge is 0.394 e. The number of nitrogens with one attached hydrogen (secondary N) is 1. The van der Waals surface area contributed by atoms with Crippen molar-refractivity contribution in [2.75, 3.05) is 13.2 Å². The molecule has 17 heavy (non-hydrogen) atoms. The summed E-state index contributed by atoms with van der Waals surface area (Å²) in [5, 5.41) is 21.2. The van der Waals surface area contributed by atoms with Crippen LogP contribution >= 0.6 is 0 Å². The van der Waals surface area contributed by atoms with Crippen LogP contribution in [0, 0.1) is 5.92 Å². The van der Waals surface area contributed by atoms with Crippen LogP contribution in [-0.4, -0.2) is 34.9 Å². The van der Waals surface area contributed by atoms with Gasteiger partial charge >= 0.3 is 0 Å². The van der Waals surface area contributed by atoms with Crippen LogP contribution in [0.1, 0.15) is 51.9 Å². The SMILES string of the molecule is CCC(CO)(CO)NC(=O)CCC1CCCC1. The molecule has 0 aromatic heterocycles. The van der Waals surface area contributed by atoms with Gasteiger partial charge in [-0.05, 0) is 18.8 Å². The first-order chi connectivity index (χ1) is 8.15.